The number of aromatic nitrogens is 2. The van der Waals surface area contributed by atoms with Crippen LogP contribution in [-0.2, 0) is 6.18 Å². The quantitative estimate of drug-likeness (QED) is 0.740. The molecule has 0 aliphatic carbocycles. The molecule has 0 aromatic carbocycles. The Hall–Kier alpha value is -1.13. The molecular weight excluding hydrogens is 193 g/mol. The average Bonchev–Trinajstić information content (AvgIpc) is 2.15. The molecule has 0 bridgehead atoms. The zero-order valence-electron chi connectivity index (χ0n) is 7.97. The van der Waals surface area contributed by atoms with Crippen molar-refractivity contribution in [1.29, 1.82) is 0 Å². The van der Waals surface area contributed by atoms with Crippen LogP contribution in [0.4, 0.5) is 13.2 Å². The molecule has 1 heterocycles. The van der Waals surface area contributed by atoms with E-state index in [1.54, 1.807) is 6.92 Å². The molecule has 2 nitrogen and oxygen atoms in total. The maximum absolute atomic E-state index is 12.2. The third-order valence-electron chi connectivity index (χ3n) is 2.02. The number of hydrogen-bond acceptors (Lipinski definition) is 2. The van der Waals surface area contributed by atoms with Crippen molar-refractivity contribution < 1.29 is 13.2 Å². The summed E-state index contributed by atoms with van der Waals surface area (Å²) in [5, 5.41) is 0. The SMILES string of the molecule is CCC(C)c1nccc(C(F)(F)F)n1. The van der Waals surface area contributed by atoms with E-state index in [1.807, 2.05) is 6.92 Å². The van der Waals surface area contributed by atoms with Gasteiger partial charge in [0.05, 0.1) is 0 Å². The van der Waals surface area contributed by atoms with Gasteiger partial charge in [-0.2, -0.15) is 13.2 Å². The molecule has 0 fully saturated rings. The zero-order valence-corrected chi connectivity index (χ0v) is 7.97. The first-order chi connectivity index (χ1) is 6.45. The number of alkyl halides is 3. The second-order valence-electron chi connectivity index (χ2n) is 3.11. The molecule has 1 aromatic heterocycles. The van der Waals surface area contributed by atoms with Gasteiger partial charge >= 0.3 is 6.18 Å². The van der Waals surface area contributed by atoms with Gasteiger partial charge in [-0.15, -0.1) is 0 Å². The van der Waals surface area contributed by atoms with Gasteiger partial charge in [-0.05, 0) is 12.5 Å². The Labute approximate surface area is 80.2 Å². The number of halogens is 3. The van der Waals surface area contributed by atoms with Crippen LogP contribution in [0.2, 0.25) is 0 Å². The second-order valence-corrected chi connectivity index (χ2v) is 3.11. The van der Waals surface area contributed by atoms with Crippen LogP contribution in [0.5, 0.6) is 0 Å². The van der Waals surface area contributed by atoms with Crippen LogP contribution in [0.25, 0.3) is 0 Å². The van der Waals surface area contributed by atoms with Crippen LogP contribution >= 0.6 is 0 Å². The van der Waals surface area contributed by atoms with Gasteiger partial charge in [-0.1, -0.05) is 13.8 Å². The Morgan fingerprint density at radius 1 is 1.43 bits per heavy atom. The fourth-order valence-electron chi connectivity index (χ4n) is 0.952. The Morgan fingerprint density at radius 2 is 2.07 bits per heavy atom. The molecule has 78 valence electrons. The highest BCUT2D eigenvalue weighted by molar-refractivity contribution is 5.08. The van der Waals surface area contributed by atoms with Crippen molar-refractivity contribution in [3.8, 4) is 0 Å². The molecule has 1 rings (SSSR count). The van der Waals surface area contributed by atoms with E-state index in [4.69, 9.17) is 0 Å². The highest BCUT2D eigenvalue weighted by atomic mass is 19.4. The van der Waals surface area contributed by atoms with E-state index in [2.05, 4.69) is 9.97 Å². The van der Waals surface area contributed by atoms with Gasteiger partial charge in [0.15, 0.2) is 0 Å². The predicted molar refractivity (Wildman–Crippen MR) is 45.7 cm³/mol. The molecule has 0 radical (unpaired) electrons. The van der Waals surface area contributed by atoms with Crippen LogP contribution in [-0.4, -0.2) is 9.97 Å². The van der Waals surface area contributed by atoms with E-state index in [0.29, 0.717) is 0 Å². The summed E-state index contributed by atoms with van der Waals surface area (Å²) < 4.78 is 36.7. The number of rotatable bonds is 2. The Bertz CT molecular complexity index is 309. The lowest BCUT2D eigenvalue weighted by atomic mass is 10.1. The summed E-state index contributed by atoms with van der Waals surface area (Å²) in [4.78, 5) is 7.29. The topological polar surface area (TPSA) is 25.8 Å². The predicted octanol–water partition coefficient (Wildman–Crippen LogP) is 3.01. The molecule has 0 aliphatic heterocycles. The lowest BCUT2D eigenvalue weighted by molar-refractivity contribution is -0.141. The molecule has 1 atom stereocenters. The van der Waals surface area contributed by atoms with Crippen LogP contribution in [0, 0.1) is 0 Å². The van der Waals surface area contributed by atoms with Gasteiger partial charge in [0.2, 0.25) is 0 Å². The van der Waals surface area contributed by atoms with E-state index in [9.17, 15) is 13.2 Å². The summed E-state index contributed by atoms with van der Waals surface area (Å²) in [5.41, 5.74) is -0.872. The minimum absolute atomic E-state index is 0.0442. The number of hydrogen-bond donors (Lipinski definition) is 0. The fraction of sp³-hybridized carbons (Fsp3) is 0.556. The highest BCUT2D eigenvalue weighted by Gasteiger charge is 2.32. The van der Waals surface area contributed by atoms with E-state index in [-0.39, 0.29) is 11.7 Å². The van der Waals surface area contributed by atoms with Crippen molar-refractivity contribution in [2.75, 3.05) is 0 Å². The first kappa shape index (κ1) is 10.9. The summed E-state index contributed by atoms with van der Waals surface area (Å²) in [5.74, 6) is 0.208. The summed E-state index contributed by atoms with van der Waals surface area (Å²) in [6.45, 7) is 3.68. The minimum Gasteiger partial charge on any atom is -0.241 e. The third kappa shape index (κ3) is 2.43. The molecule has 0 amide bonds. The van der Waals surface area contributed by atoms with Gasteiger partial charge in [0.25, 0.3) is 0 Å². The second kappa shape index (κ2) is 3.94. The molecule has 0 spiro atoms. The normalized spacial score (nSPS) is 14.1. The number of nitrogens with zero attached hydrogens (tertiary/aromatic N) is 2. The van der Waals surface area contributed by atoms with Crippen molar-refractivity contribution in [3.05, 3.63) is 23.8 Å². The molecule has 0 aliphatic rings. The minimum atomic E-state index is -4.38. The van der Waals surface area contributed by atoms with Crippen LogP contribution in [0.15, 0.2) is 12.3 Å². The lowest BCUT2D eigenvalue weighted by Crippen LogP contribution is -2.11. The van der Waals surface area contributed by atoms with Gasteiger partial charge in [-0.3, -0.25) is 0 Å². The molecule has 0 saturated carbocycles. The standard InChI is InChI=1S/C9H11F3N2/c1-3-6(2)8-13-5-4-7(14-8)9(10,11)12/h4-6H,3H2,1-2H3. The van der Waals surface area contributed by atoms with Crippen molar-refractivity contribution in [2.45, 2.75) is 32.4 Å². The highest BCUT2D eigenvalue weighted by Crippen LogP contribution is 2.28. The van der Waals surface area contributed by atoms with E-state index in [0.717, 1.165) is 18.7 Å². The first-order valence-electron chi connectivity index (χ1n) is 4.35. The molecule has 0 N–H and O–H groups in total. The monoisotopic (exact) mass is 204 g/mol. The maximum atomic E-state index is 12.2. The van der Waals surface area contributed by atoms with Crippen LogP contribution in [0.3, 0.4) is 0 Å². The van der Waals surface area contributed by atoms with Crippen LogP contribution < -0.4 is 0 Å². The van der Waals surface area contributed by atoms with Gasteiger partial charge in [0.1, 0.15) is 11.5 Å². The summed E-state index contributed by atoms with van der Waals surface area (Å²) in [7, 11) is 0. The lowest BCUT2D eigenvalue weighted by Gasteiger charge is -2.10. The van der Waals surface area contributed by atoms with Gasteiger partial charge in [-0.25, -0.2) is 9.97 Å². The van der Waals surface area contributed by atoms with E-state index >= 15 is 0 Å². The molecule has 14 heavy (non-hydrogen) atoms. The van der Waals surface area contributed by atoms with Gasteiger partial charge < -0.3 is 0 Å². The Balaban J connectivity index is 3.01. The molecule has 5 heteroatoms. The van der Waals surface area contributed by atoms with Crippen molar-refractivity contribution >= 4 is 0 Å². The molecule has 1 aromatic rings. The van der Waals surface area contributed by atoms with Crippen molar-refractivity contribution in [2.24, 2.45) is 0 Å². The zero-order chi connectivity index (χ0) is 10.8. The smallest absolute Gasteiger partial charge is 0.241 e. The van der Waals surface area contributed by atoms with Crippen LogP contribution in [0.1, 0.15) is 37.7 Å². The van der Waals surface area contributed by atoms with E-state index in [1.165, 1.54) is 0 Å². The van der Waals surface area contributed by atoms with Gasteiger partial charge in [0, 0.05) is 12.1 Å². The molecular formula is C9H11F3N2. The fourth-order valence-corrected chi connectivity index (χ4v) is 0.952. The van der Waals surface area contributed by atoms with Crippen molar-refractivity contribution in [1.82, 2.24) is 9.97 Å². The average molecular weight is 204 g/mol. The van der Waals surface area contributed by atoms with Crippen molar-refractivity contribution in [3.63, 3.8) is 0 Å². The van der Waals surface area contributed by atoms with E-state index < -0.39 is 11.9 Å². The Morgan fingerprint density at radius 3 is 2.57 bits per heavy atom. The Kier molecular flexibility index (Phi) is 3.08. The third-order valence-corrected chi connectivity index (χ3v) is 2.02. The maximum Gasteiger partial charge on any atom is 0.433 e. The largest absolute Gasteiger partial charge is 0.433 e. The first-order valence-corrected chi connectivity index (χ1v) is 4.35. The summed E-state index contributed by atoms with van der Waals surface area (Å²) >= 11 is 0. The molecule has 0 saturated heterocycles. The summed E-state index contributed by atoms with van der Waals surface area (Å²) in [6.07, 6.45) is -2.51. The molecule has 1 unspecified atom stereocenters. The summed E-state index contributed by atoms with van der Waals surface area (Å²) in [6, 6.07) is 0.881.